The van der Waals surface area contributed by atoms with Crippen LogP contribution in [0.1, 0.15) is 5.56 Å². The Kier molecular flexibility index (Phi) is 6.89. The minimum atomic E-state index is -0.234. The lowest BCUT2D eigenvalue weighted by Gasteiger charge is -2.17. The monoisotopic (exact) mass is 358 g/mol. The van der Waals surface area contributed by atoms with Gasteiger partial charge in [0.05, 0.1) is 19.4 Å². The summed E-state index contributed by atoms with van der Waals surface area (Å²) in [5.41, 5.74) is 1.81. The molecule has 0 heterocycles. The number of anilines is 1. The predicted molar refractivity (Wildman–Crippen MR) is 101 cm³/mol. The minimum Gasteiger partial charge on any atom is -0.497 e. The van der Waals surface area contributed by atoms with E-state index in [0.29, 0.717) is 11.4 Å². The summed E-state index contributed by atoms with van der Waals surface area (Å²) in [4.78, 5) is 26.8. The van der Waals surface area contributed by atoms with Crippen molar-refractivity contribution in [2.75, 3.05) is 31.8 Å². The lowest BCUT2D eigenvalue weighted by Crippen LogP contribution is -2.35. The van der Waals surface area contributed by atoms with Crippen molar-refractivity contribution in [2.45, 2.75) is 11.8 Å². The quantitative estimate of drug-likeness (QED) is 0.772. The molecule has 0 saturated heterocycles. The Balaban J connectivity index is 1.81. The Hall–Kier alpha value is -2.47. The number of benzene rings is 2. The first-order valence-corrected chi connectivity index (χ1v) is 8.84. The number of aryl methyl sites for hydroxylation is 1. The van der Waals surface area contributed by atoms with Crippen LogP contribution < -0.4 is 10.1 Å². The number of rotatable bonds is 7. The second-order valence-electron chi connectivity index (χ2n) is 5.58. The summed E-state index contributed by atoms with van der Waals surface area (Å²) in [7, 11) is 3.22. The normalized spacial score (nSPS) is 10.2. The zero-order valence-electron chi connectivity index (χ0n) is 14.6. The van der Waals surface area contributed by atoms with Crippen LogP contribution in [0.25, 0.3) is 0 Å². The highest BCUT2D eigenvalue weighted by Crippen LogP contribution is 2.22. The number of ether oxygens (including phenoxy) is 1. The standard InChI is InChI=1S/C19H22N2O3S/c1-14-6-4-5-7-17(14)25-13-19(23)21(2)12-18(22)20-15-8-10-16(24-3)11-9-15/h4-11H,12-13H2,1-3H3,(H,20,22). The summed E-state index contributed by atoms with van der Waals surface area (Å²) in [6.07, 6.45) is 0. The van der Waals surface area contributed by atoms with Crippen molar-refractivity contribution >= 4 is 29.3 Å². The number of amides is 2. The first kappa shape index (κ1) is 18.9. The van der Waals surface area contributed by atoms with Crippen molar-refractivity contribution in [1.29, 1.82) is 0 Å². The highest BCUT2D eigenvalue weighted by Gasteiger charge is 2.14. The van der Waals surface area contributed by atoms with Gasteiger partial charge in [0.1, 0.15) is 5.75 Å². The molecule has 0 aliphatic rings. The lowest BCUT2D eigenvalue weighted by atomic mass is 10.2. The second kappa shape index (κ2) is 9.13. The van der Waals surface area contributed by atoms with Crippen LogP contribution in [0.3, 0.4) is 0 Å². The molecule has 0 spiro atoms. The molecule has 132 valence electrons. The summed E-state index contributed by atoms with van der Waals surface area (Å²) in [6.45, 7) is 2.03. The number of nitrogens with one attached hydrogen (secondary N) is 1. The third kappa shape index (κ3) is 5.83. The Bertz CT molecular complexity index is 732. The van der Waals surface area contributed by atoms with Crippen molar-refractivity contribution in [3.05, 3.63) is 54.1 Å². The van der Waals surface area contributed by atoms with Crippen molar-refractivity contribution in [2.24, 2.45) is 0 Å². The molecule has 0 fully saturated rings. The molecule has 6 heteroatoms. The number of thioether (sulfide) groups is 1. The van der Waals surface area contributed by atoms with Gasteiger partial charge in [-0.3, -0.25) is 9.59 Å². The fourth-order valence-corrected chi connectivity index (χ4v) is 3.12. The molecule has 2 rings (SSSR count). The Morgan fingerprint density at radius 3 is 2.44 bits per heavy atom. The molecule has 0 bridgehead atoms. The van der Waals surface area contributed by atoms with Crippen molar-refractivity contribution in [3.63, 3.8) is 0 Å². The van der Waals surface area contributed by atoms with Crippen LogP contribution in [0.4, 0.5) is 5.69 Å². The summed E-state index contributed by atoms with van der Waals surface area (Å²) >= 11 is 1.48. The number of likely N-dealkylation sites (N-methyl/N-ethyl adjacent to an activating group) is 1. The average molecular weight is 358 g/mol. The van der Waals surface area contributed by atoms with Crippen LogP contribution >= 0.6 is 11.8 Å². The Morgan fingerprint density at radius 2 is 1.80 bits per heavy atom. The van der Waals surface area contributed by atoms with Gasteiger partial charge in [-0.25, -0.2) is 0 Å². The van der Waals surface area contributed by atoms with E-state index in [1.165, 1.54) is 16.7 Å². The fraction of sp³-hybridized carbons (Fsp3) is 0.263. The first-order chi connectivity index (χ1) is 12.0. The van der Waals surface area contributed by atoms with Gasteiger partial charge in [-0.2, -0.15) is 0 Å². The highest BCUT2D eigenvalue weighted by molar-refractivity contribution is 8.00. The van der Waals surface area contributed by atoms with Gasteiger partial charge in [0, 0.05) is 17.6 Å². The van der Waals surface area contributed by atoms with Crippen LogP contribution in [0.5, 0.6) is 5.75 Å². The van der Waals surface area contributed by atoms with Gasteiger partial charge >= 0.3 is 0 Å². The molecule has 0 aromatic heterocycles. The average Bonchev–Trinajstić information content (AvgIpc) is 2.61. The van der Waals surface area contributed by atoms with E-state index in [1.807, 2.05) is 31.2 Å². The van der Waals surface area contributed by atoms with Crippen LogP contribution in [0.15, 0.2) is 53.4 Å². The number of carbonyl (C=O) groups is 2. The minimum absolute atomic E-state index is 0.0131. The third-order valence-corrected chi connectivity index (χ3v) is 4.79. The van der Waals surface area contributed by atoms with E-state index in [1.54, 1.807) is 38.4 Å². The molecule has 0 unspecified atom stereocenters. The number of nitrogens with zero attached hydrogens (tertiary/aromatic N) is 1. The molecule has 25 heavy (non-hydrogen) atoms. The SMILES string of the molecule is COc1ccc(NC(=O)CN(C)C(=O)CSc2ccccc2C)cc1. The van der Waals surface area contributed by atoms with E-state index in [4.69, 9.17) is 4.74 Å². The molecule has 2 aromatic carbocycles. The fourth-order valence-electron chi connectivity index (χ4n) is 2.15. The first-order valence-electron chi connectivity index (χ1n) is 7.86. The predicted octanol–water partition coefficient (Wildman–Crippen LogP) is 3.19. The largest absolute Gasteiger partial charge is 0.497 e. The number of carbonyl (C=O) groups excluding carboxylic acids is 2. The molecule has 1 N–H and O–H groups in total. The molecule has 0 radical (unpaired) electrons. The Labute approximate surface area is 152 Å². The van der Waals surface area contributed by atoms with Crippen molar-refractivity contribution in [1.82, 2.24) is 4.90 Å². The summed E-state index contributed by atoms with van der Waals surface area (Å²) in [5.74, 6) is 0.704. The molecule has 2 amide bonds. The molecular formula is C19H22N2O3S. The van der Waals surface area contributed by atoms with Crippen LogP contribution in [-0.4, -0.2) is 43.2 Å². The molecule has 0 aliphatic carbocycles. The second-order valence-corrected chi connectivity index (χ2v) is 6.60. The molecular weight excluding hydrogens is 336 g/mol. The molecule has 2 aromatic rings. The Morgan fingerprint density at radius 1 is 1.12 bits per heavy atom. The molecule has 5 nitrogen and oxygen atoms in total. The van der Waals surface area contributed by atoms with Crippen molar-refractivity contribution < 1.29 is 14.3 Å². The van der Waals surface area contributed by atoms with E-state index in [9.17, 15) is 9.59 Å². The van der Waals surface area contributed by atoms with Gasteiger partial charge in [0.25, 0.3) is 0 Å². The van der Waals surface area contributed by atoms with E-state index >= 15 is 0 Å². The lowest BCUT2D eigenvalue weighted by molar-refractivity contribution is -0.131. The van der Waals surface area contributed by atoms with Crippen LogP contribution in [0, 0.1) is 6.92 Å². The molecule has 0 atom stereocenters. The maximum absolute atomic E-state index is 12.2. The van der Waals surface area contributed by atoms with Gasteiger partial charge in [-0.05, 0) is 42.8 Å². The summed E-state index contributed by atoms with van der Waals surface area (Å²) in [5, 5.41) is 2.77. The highest BCUT2D eigenvalue weighted by atomic mass is 32.2. The van der Waals surface area contributed by atoms with Gasteiger partial charge in [-0.15, -0.1) is 11.8 Å². The van der Waals surface area contributed by atoms with E-state index in [0.717, 1.165) is 16.2 Å². The van der Waals surface area contributed by atoms with Gasteiger partial charge < -0.3 is 15.0 Å². The van der Waals surface area contributed by atoms with Crippen LogP contribution in [0.2, 0.25) is 0 Å². The zero-order chi connectivity index (χ0) is 18.2. The summed E-state index contributed by atoms with van der Waals surface area (Å²) in [6, 6.07) is 15.0. The third-order valence-electron chi connectivity index (χ3n) is 3.63. The summed E-state index contributed by atoms with van der Waals surface area (Å²) < 4.78 is 5.07. The molecule has 0 aliphatic heterocycles. The smallest absolute Gasteiger partial charge is 0.243 e. The van der Waals surface area contributed by atoms with Gasteiger partial charge in [0.2, 0.25) is 11.8 Å². The van der Waals surface area contributed by atoms with E-state index in [2.05, 4.69) is 5.32 Å². The van der Waals surface area contributed by atoms with Gasteiger partial charge in [0.15, 0.2) is 0 Å². The van der Waals surface area contributed by atoms with Crippen molar-refractivity contribution in [3.8, 4) is 5.75 Å². The number of hydrogen-bond acceptors (Lipinski definition) is 4. The van der Waals surface area contributed by atoms with E-state index in [-0.39, 0.29) is 18.4 Å². The van der Waals surface area contributed by atoms with Crippen LogP contribution in [-0.2, 0) is 9.59 Å². The van der Waals surface area contributed by atoms with Gasteiger partial charge in [-0.1, -0.05) is 18.2 Å². The maximum Gasteiger partial charge on any atom is 0.243 e. The van der Waals surface area contributed by atoms with E-state index < -0.39 is 0 Å². The topological polar surface area (TPSA) is 58.6 Å². The number of methoxy groups -OCH3 is 1. The zero-order valence-corrected chi connectivity index (χ0v) is 15.4. The number of hydrogen-bond donors (Lipinski definition) is 1. The molecule has 0 saturated carbocycles. The maximum atomic E-state index is 12.2.